The molecule has 0 saturated heterocycles. The summed E-state index contributed by atoms with van der Waals surface area (Å²) in [6.45, 7) is 4.73. The predicted molar refractivity (Wildman–Crippen MR) is 77.9 cm³/mol. The first-order valence-corrected chi connectivity index (χ1v) is 8.33. The van der Waals surface area contributed by atoms with Gasteiger partial charge in [0.15, 0.2) is 0 Å². The summed E-state index contributed by atoms with van der Waals surface area (Å²) >= 11 is 0. The minimum absolute atomic E-state index is 0.0986. The van der Waals surface area contributed by atoms with E-state index in [1.165, 1.54) is 6.07 Å². The first kappa shape index (κ1) is 15.0. The van der Waals surface area contributed by atoms with E-state index in [0.29, 0.717) is 25.3 Å². The fourth-order valence-corrected chi connectivity index (χ4v) is 2.93. The molecule has 110 valence electrons. The quantitative estimate of drug-likeness (QED) is 0.917. The van der Waals surface area contributed by atoms with Crippen LogP contribution in [0, 0.1) is 5.92 Å². The van der Waals surface area contributed by atoms with Gasteiger partial charge in [0, 0.05) is 18.7 Å². The highest BCUT2D eigenvalue weighted by Crippen LogP contribution is 2.31. The van der Waals surface area contributed by atoms with Crippen LogP contribution in [0.5, 0.6) is 0 Å². The molecule has 20 heavy (non-hydrogen) atoms. The van der Waals surface area contributed by atoms with Gasteiger partial charge in [-0.1, -0.05) is 20.3 Å². The summed E-state index contributed by atoms with van der Waals surface area (Å²) in [5.74, 6) is 0.455. The smallest absolute Gasteiger partial charge is 0.238 e. The zero-order valence-corrected chi connectivity index (χ0v) is 12.6. The molecule has 1 unspecified atom stereocenters. The van der Waals surface area contributed by atoms with Crippen LogP contribution in [0.3, 0.4) is 0 Å². The Bertz CT molecular complexity index is 625. The van der Waals surface area contributed by atoms with Gasteiger partial charge in [0.05, 0.1) is 4.90 Å². The van der Waals surface area contributed by atoms with Gasteiger partial charge >= 0.3 is 0 Å². The van der Waals surface area contributed by atoms with Gasteiger partial charge in [-0.3, -0.25) is 4.79 Å². The first-order chi connectivity index (χ1) is 9.32. The maximum atomic E-state index is 12.2. The van der Waals surface area contributed by atoms with Gasteiger partial charge < -0.3 is 4.90 Å². The average Bonchev–Trinajstić information content (AvgIpc) is 2.80. The third-order valence-electron chi connectivity index (χ3n) is 3.80. The van der Waals surface area contributed by atoms with Gasteiger partial charge in [-0.2, -0.15) is 0 Å². The van der Waals surface area contributed by atoms with Crippen LogP contribution in [0.1, 0.15) is 32.3 Å². The Balaban J connectivity index is 2.24. The van der Waals surface area contributed by atoms with Gasteiger partial charge in [0.1, 0.15) is 0 Å². The fraction of sp³-hybridized carbons (Fsp3) is 0.500. The second kappa shape index (κ2) is 5.54. The number of amides is 1. The summed E-state index contributed by atoms with van der Waals surface area (Å²) in [6, 6.07) is 4.71. The molecule has 1 aromatic rings. The van der Waals surface area contributed by atoms with Gasteiger partial charge in [0.25, 0.3) is 0 Å². The molecule has 0 bridgehead atoms. The first-order valence-electron chi connectivity index (χ1n) is 6.79. The van der Waals surface area contributed by atoms with Gasteiger partial charge in [-0.05, 0) is 36.1 Å². The Hall–Kier alpha value is -1.40. The second-order valence-electron chi connectivity index (χ2n) is 5.35. The van der Waals surface area contributed by atoms with Crippen LogP contribution in [-0.4, -0.2) is 20.9 Å². The molecule has 1 aliphatic heterocycles. The van der Waals surface area contributed by atoms with Crippen LogP contribution in [0.2, 0.25) is 0 Å². The van der Waals surface area contributed by atoms with Crippen LogP contribution in [0.25, 0.3) is 0 Å². The Labute approximate surface area is 119 Å². The Kier molecular flexibility index (Phi) is 4.15. The molecule has 0 saturated carbocycles. The van der Waals surface area contributed by atoms with E-state index in [1.807, 2.05) is 0 Å². The standard InChI is InChI=1S/C14H20N2O3S/c1-3-10(2)8-14(17)16-7-6-11-9-12(20(15,18)19)4-5-13(11)16/h4-5,9-10H,3,6-8H2,1-2H3,(H2,15,18,19). The number of rotatable bonds is 4. The third-order valence-corrected chi connectivity index (χ3v) is 4.71. The largest absolute Gasteiger partial charge is 0.312 e. The molecule has 0 aromatic heterocycles. The third kappa shape index (κ3) is 3.02. The van der Waals surface area contributed by atoms with Crippen LogP contribution in [-0.2, 0) is 21.2 Å². The summed E-state index contributed by atoms with van der Waals surface area (Å²) in [4.78, 5) is 14.1. The molecule has 0 radical (unpaired) electrons. The van der Waals surface area contributed by atoms with Crippen molar-refractivity contribution in [3.8, 4) is 0 Å². The minimum Gasteiger partial charge on any atom is -0.312 e. The SMILES string of the molecule is CCC(C)CC(=O)N1CCc2cc(S(N)(=O)=O)ccc21. The van der Waals surface area contributed by atoms with Crippen molar-refractivity contribution in [3.63, 3.8) is 0 Å². The molecule has 0 spiro atoms. The minimum atomic E-state index is -3.69. The molecule has 1 amide bonds. The molecular formula is C14H20N2O3S. The lowest BCUT2D eigenvalue weighted by Crippen LogP contribution is -2.30. The lowest BCUT2D eigenvalue weighted by atomic mass is 10.0. The summed E-state index contributed by atoms with van der Waals surface area (Å²) < 4.78 is 22.7. The van der Waals surface area contributed by atoms with Crippen LogP contribution in [0.4, 0.5) is 5.69 Å². The van der Waals surface area contributed by atoms with Crippen LogP contribution >= 0.6 is 0 Å². The lowest BCUT2D eigenvalue weighted by molar-refractivity contribution is -0.119. The fourth-order valence-electron chi connectivity index (χ4n) is 2.37. The molecule has 1 atom stereocenters. The number of hydrogen-bond acceptors (Lipinski definition) is 3. The molecule has 2 rings (SSSR count). The molecule has 0 aliphatic carbocycles. The van der Waals surface area contributed by atoms with E-state index < -0.39 is 10.0 Å². The monoisotopic (exact) mass is 296 g/mol. The number of benzene rings is 1. The van der Waals surface area contributed by atoms with Gasteiger partial charge in [0.2, 0.25) is 15.9 Å². The van der Waals surface area contributed by atoms with Crippen molar-refractivity contribution >= 4 is 21.6 Å². The number of anilines is 1. The molecule has 0 fully saturated rings. The number of nitrogens with two attached hydrogens (primary N) is 1. The van der Waals surface area contributed by atoms with Crippen molar-refractivity contribution in [2.45, 2.75) is 38.0 Å². The topological polar surface area (TPSA) is 80.5 Å². The van der Waals surface area contributed by atoms with E-state index in [2.05, 4.69) is 13.8 Å². The Morgan fingerprint density at radius 2 is 2.15 bits per heavy atom. The number of carbonyl (C=O) groups is 1. The van der Waals surface area contributed by atoms with E-state index in [-0.39, 0.29) is 10.8 Å². The number of nitrogens with zero attached hydrogens (tertiary/aromatic N) is 1. The number of hydrogen-bond donors (Lipinski definition) is 1. The van der Waals surface area contributed by atoms with E-state index in [4.69, 9.17) is 5.14 Å². The molecule has 2 N–H and O–H groups in total. The van der Waals surface area contributed by atoms with Crippen LogP contribution < -0.4 is 10.0 Å². The summed E-state index contributed by atoms with van der Waals surface area (Å²) in [5, 5.41) is 5.12. The molecule has 1 aromatic carbocycles. The molecule has 1 aliphatic rings. The van der Waals surface area contributed by atoms with Crippen molar-refractivity contribution in [1.29, 1.82) is 0 Å². The maximum Gasteiger partial charge on any atom is 0.238 e. The molecule has 1 heterocycles. The van der Waals surface area contributed by atoms with E-state index >= 15 is 0 Å². The Morgan fingerprint density at radius 3 is 2.75 bits per heavy atom. The number of primary sulfonamides is 1. The number of carbonyl (C=O) groups excluding carboxylic acids is 1. The van der Waals surface area contributed by atoms with Crippen molar-refractivity contribution < 1.29 is 13.2 Å². The number of sulfonamides is 1. The predicted octanol–water partition coefficient (Wildman–Crippen LogP) is 1.66. The zero-order chi connectivity index (χ0) is 14.9. The summed E-state index contributed by atoms with van der Waals surface area (Å²) in [6.07, 6.45) is 2.16. The van der Waals surface area contributed by atoms with Crippen molar-refractivity contribution in [1.82, 2.24) is 0 Å². The Morgan fingerprint density at radius 1 is 1.45 bits per heavy atom. The van der Waals surface area contributed by atoms with E-state index in [1.54, 1.807) is 17.0 Å². The highest BCUT2D eigenvalue weighted by Gasteiger charge is 2.26. The van der Waals surface area contributed by atoms with Crippen molar-refractivity contribution in [2.24, 2.45) is 11.1 Å². The zero-order valence-electron chi connectivity index (χ0n) is 11.8. The lowest BCUT2D eigenvalue weighted by Gasteiger charge is -2.19. The normalized spacial score (nSPS) is 16.1. The van der Waals surface area contributed by atoms with Crippen molar-refractivity contribution in [2.75, 3.05) is 11.4 Å². The van der Waals surface area contributed by atoms with E-state index in [9.17, 15) is 13.2 Å². The van der Waals surface area contributed by atoms with E-state index in [0.717, 1.165) is 17.7 Å². The van der Waals surface area contributed by atoms with Gasteiger partial charge in [-0.25, -0.2) is 13.6 Å². The highest BCUT2D eigenvalue weighted by atomic mass is 32.2. The van der Waals surface area contributed by atoms with Gasteiger partial charge in [-0.15, -0.1) is 0 Å². The summed E-state index contributed by atoms with van der Waals surface area (Å²) in [7, 11) is -3.69. The molecular weight excluding hydrogens is 276 g/mol. The highest BCUT2D eigenvalue weighted by molar-refractivity contribution is 7.89. The van der Waals surface area contributed by atoms with Crippen molar-refractivity contribution in [3.05, 3.63) is 23.8 Å². The second-order valence-corrected chi connectivity index (χ2v) is 6.91. The van der Waals surface area contributed by atoms with Crippen LogP contribution in [0.15, 0.2) is 23.1 Å². The molecule has 5 nitrogen and oxygen atoms in total. The summed E-state index contributed by atoms with van der Waals surface area (Å²) in [5.41, 5.74) is 1.68. The average molecular weight is 296 g/mol. The number of fused-ring (bicyclic) bond motifs is 1. The molecule has 6 heteroatoms. The maximum absolute atomic E-state index is 12.2.